The smallest absolute Gasteiger partial charge is 0.237 e. The summed E-state index contributed by atoms with van der Waals surface area (Å²) < 4.78 is 5.63. The van der Waals surface area contributed by atoms with Gasteiger partial charge in [-0.2, -0.15) is 0 Å². The summed E-state index contributed by atoms with van der Waals surface area (Å²) in [6.07, 6.45) is 7.72. The number of amides is 1. The van der Waals surface area contributed by atoms with E-state index >= 15 is 0 Å². The average Bonchev–Trinajstić information content (AvgIpc) is 2.62. The molecule has 5 nitrogen and oxygen atoms in total. The van der Waals surface area contributed by atoms with Crippen LogP contribution in [0.3, 0.4) is 0 Å². The number of nitrogens with two attached hydrogens (primary N) is 1. The molecule has 0 unspecified atom stereocenters. The number of carbonyl (C=O) groups is 1. The van der Waals surface area contributed by atoms with Crippen molar-refractivity contribution in [3.8, 4) is 5.75 Å². The number of fused-ring (bicyclic) bond motifs is 1. The Bertz CT molecular complexity index is 632. The molecule has 3 N–H and O–H groups in total. The van der Waals surface area contributed by atoms with E-state index in [9.17, 15) is 4.79 Å². The Hall–Kier alpha value is -2.06. The van der Waals surface area contributed by atoms with Crippen molar-refractivity contribution in [2.24, 2.45) is 11.7 Å². The van der Waals surface area contributed by atoms with E-state index in [2.05, 4.69) is 10.2 Å². The molecule has 1 saturated carbocycles. The van der Waals surface area contributed by atoms with Gasteiger partial charge in [0.1, 0.15) is 5.75 Å². The zero-order chi connectivity index (χ0) is 16.9. The fraction of sp³-hybridized carbons (Fsp3) is 0.579. The van der Waals surface area contributed by atoms with Crippen LogP contribution in [0.5, 0.6) is 5.75 Å². The molecule has 5 heteroatoms. The first-order valence-corrected chi connectivity index (χ1v) is 8.87. The summed E-state index contributed by atoms with van der Waals surface area (Å²) in [5, 5.41) is 3.08. The van der Waals surface area contributed by atoms with Crippen molar-refractivity contribution in [3.63, 3.8) is 0 Å². The Labute approximate surface area is 143 Å². The van der Waals surface area contributed by atoms with Crippen LogP contribution in [-0.4, -0.2) is 18.6 Å². The van der Waals surface area contributed by atoms with Crippen LogP contribution in [0.1, 0.15) is 56.6 Å². The lowest BCUT2D eigenvalue weighted by Gasteiger charge is -2.29. The summed E-state index contributed by atoms with van der Waals surface area (Å²) in [6, 6.07) is 4.85. The van der Waals surface area contributed by atoms with E-state index in [1.807, 2.05) is 6.07 Å². The van der Waals surface area contributed by atoms with Crippen molar-refractivity contribution in [2.75, 3.05) is 6.61 Å². The number of rotatable bonds is 4. The van der Waals surface area contributed by atoms with Gasteiger partial charge in [0.15, 0.2) is 5.69 Å². The van der Waals surface area contributed by atoms with Gasteiger partial charge in [-0.05, 0) is 18.4 Å². The SMILES string of the molecule is [C-]#[N+]c1ccc2c(c1)OCC[C@H]2NC(=O)[C@H](N)CC1CCCCC1. The topological polar surface area (TPSA) is 68.7 Å². The summed E-state index contributed by atoms with van der Waals surface area (Å²) in [4.78, 5) is 15.9. The minimum absolute atomic E-state index is 0.0762. The minimum atomic E-state index is -0.443. The van der Waals surface area contributed by atoms with Crippen LogP contribution < -0.4 is 15.8 Å². The van der Waals surface area contributed by atoms with E-state index in [1.54, 1.807) is 12.1 Å². The summed E-state index contributed by atoms with van der Waals surface area (Å²) in [7, 11) is 0. The third-order valence-corrected chi connectivity index (χ3v) is 5.13. The largest absolute Gasteiger partial charge is 0.494 e. The van der Waals surface area contributed by atoms with Gasteiger partial charge in [-0.25, -0.2) is 4.85 Å². The van der Waals surface area contributed by atoms with E-state index in [0.29, 0.717) is 24.0 Å². The van der Waals surface area contributed by atoms with E-state index in [1.165, 1.54) is 32.1 Å². The third kappa shape index (κ3) is 3.88. The van der Waals surface area contributed by atoms with Gasteiger partial charge in [0.2, 0.25) is 5.91 Å². The second kappa shape index (κ2) is 7.67. The van der Waals surface area contributed by atoms with Gasteiger partial charge in [0.05, 0.1) is 25.3 Å². The summed E-state index contributed by atoms with van der Waals surface area (Å²) in [5.41, 5.74) is 7.64. The highest BCUT2D eigenvalue weighted by Gasteiger charge is 2.27. The summed E-state index contributed by atoms with van der Waals surface area (Å²) in [5.74, 6) is 1.20. The van der Waals surface area contributed by atoms with Crippen LogP contribution in [0.15, 0.2) is 18.2 Å². The lowest BCUT2D eigenvalue weighted by molar-refractivity contribution is -0.123. The monoisotopic (exact) mass is 327 g/mol. The minimum Gasteiger partial charge on any atom is -0.494 e. The van der Waals surface area contributed by atoms with E-state index < -0.39 is 6.04 Å². The first-order valence-electron chi connectivity index (χ1n) is 8.87. The molecule has 3 rings (SSSR count). The standard InChI is InChI=1S/C19H25N3O2/c1-21-14-7-8-15-17(9-10-24-18(15)12-14)22-19(23)16(20)11-13-5-3-2-4-6-13/h7-8,12-13,16-17H,2-6,9-11,20H2,(H,22,23)/t16-,17-/m1/s1. The highest BCUT2D eigenvalue weighted by molar-refractivity contribution is 5.82. The van der Waals surface area contributed by atoms with Crippen molar-refractivity contribution in [2.45, 2.75) is 57.0 Å². The molecule has 128 valence electrons. The second-order valence-electron chi connectivity index (χ2n) is 6.88. The molecular formula is C19H25N3O2. The van der Waals surface area contributed by atoms with Crippen LogP contribution in [0, 0.1) is 12.5 Å². The maximum absolute atomic E-state index is 12.5. The lowest BCUT2D eigenvalue weighted by atomic mass is 9.85. The Morgan fingerprint density at radius 1 is 1.33 bits per heavy atom. The molecule has 0 radical (unpaired) electrons. The molecule has 24 heavy (non-hydrogen) atoms. The van der Waals surface area contributed by atoms with Gasteiger partial charge >= 0.3 is 0 Å². The summed E-state index contributed by atoms with van der Waals surface area (Å²) in [6.45, 7) is 7.63. The molecule has 1 fully saturated rings. The van der Waals surface area contributed by atoms with Gasteiger partial charge in [-0.3, -0.25) is 4.79 Å². The van der Waals surface area contributed by atoms with Gasteiger partial charge in [0.25, 0.3) is 0 Å². The van der Waals surface area contributed by atoms with Crippen LogP contribution in [0.4, 0.5) is 5.69 Å². The molecule has 2 atom stereocenters. The van der Waals surface area contributed by atoms with Crippen molar-refractivity contribution >= 4 is 11.6 Å². The highest BCUT2D eigenvalue weighted by Crippen LogP contribution is 2.35. The Kier molecular flexibility index (Phi) is 5.37. The fourth-order valence-electron chi connectivity index (χ4n) is 3.77. The molecule has 0 spiro atoms. The summed E-state index contributed by atoms with van der Waals surface area (Å²) >= 11 is 0. The number of carbonyl (C=O) groups excluding carboxylic acids is 1. The number of benzene rings is 1. The zero-order valence-electron chi connectivity index (χ0n) is 14.0. The van der Waals surface area contributed by atoms with E-state index in [0.717, 1.165) is 18.4 Å². The molecule has 1 aliphatic heterocycles. The van der Waals surface area contributed by atoms with E-state index in [-0.39, 0.29) is 11.9 Å². The maximum Gasteiger partial charge on any atom is 0.237 e. The van der Waals surface area contributed by atoms with Crippen LogP contribution in [0.2, 0.25) is 0 Å². The molecule has 0 bridgehead atoms. The number of nitrogens with one attached hydrogen (secondary N) is 1. The van der Waals surface area contributed by atoms with Crippen LogP contribution in [-0.2, 0) is 4.79 Å². The van der Waals surface area contributed by atoms with Crippen molar-refractivity contribution < 1.29 is 9.53 Å². The average molecular weight is 327 g/mol. The van der Waals surface area contributed by atoms with Crippen molar-refractivity contribution in [3.05, 3.63) is 35.2 Å². The molecule has 1 heterocycles. The van der Waals surface area contributed by atoms with Gasteiger partial charge in [-0.15, -0.1) is 0 Å². The van der Waals surface area contributed by atoms with Gasteiger partial charge in [-0.1, -0.05) is 44.2 Å². The first-order chi connectivity index (χ1) is 11.7. The number of nitrogens with zero attached hydrogens (tertiary/aromatic N) is 1. The molecule has 1 aromatic rings. The predicted octanol–water partition coefficient (Wildman–Crippen LogP) is 3.47. The number of hydrogen-bond acceptors (Lipinski definition) is 3. The lowest BCUT2D eigenvalue weighted by Crippen LogP contribution is -2.44. The quantitative estimate of drug-likeness (QED) is 0.832. The highest BCUT2D eigenvalue weighted by atomic mass is 16.5. The van der Waals surface area contributed by atoms with Crippen molar-refractivity contribution in [1.29, 1.82) is 0 Å². The first kappa shape index (κ1) is 16.8. The van der Waals surface area contributed by atoms with Crippen LogP contribution >= 0.6 is 0 Å². The molecule has 0 saturated heterocycles. The zero-order valence-corrected chi connectivity index (χ0v) is 14.0. The van der Waals surface area contributed by atoms with Gasteiger partial charge in [0, 0.05) is 12.0 Å². The Morgan fingerprint density at radius 2 is 2.12 bits per heavy atom. The van der Waals surface area contributed by atoms with Crippen molar-refractivity contribution in [1.82, 2.24) is 5.32 Å². The molecule has 1 aromatic carbocycles. The maximum atomic E-state index is 12.5. The van der Waals surface area contributed by atoms with Gasteiger partial charge < -0.3 is 15.8 Å². The predicted molar refractivity (Wildman–Crippen MR) is 92.9 cm³/mol. The molecule has 1 amide bonds. The Morgan fingerprint density at radius 3 is 2.88 bits per heavy atom. The van der Waals surface area contributed by atoms with E-state index in [4.69, 9.17) is 17.0 Å². The molecule has 0 aromatic heterocycles. The van der Waals surface area contributed by atoms with Crippen LogP contribution in [0.25, 0.3) is 4.85 Å². The third-order valence-electron chi connectivity index (χ3n) is 5.13. The molecule has 1 aliphatic carbocycles. The second-order valence-corrected chi connectivity index (χ2v) is 6.88. The molecular weight excluding hydrogens is 302 g/mol. The number of hydrogen-bond donors (Lipinski definition) is 2. The molecule has 2 aliphatic rings. The number of ether oxygens (including phenoxy) is 1. The Balaban J connectivity index is 1.61. The normalized spacial score (nSPS) is 21.9. The fourth-order valence-corrected chi connectivity index (χ4v) is 3.77.